The highest BCUT2D eigenvalue weighted by Crippen LogP contribution is 2.23. The second kappa shape index (κ2) is 5.73. The number of nitrogens with zero attached hydrogens (tertiary/aromatic N) is 2. The van der Waals surface area contributed by atoms with Crippen molar-refractivity contribution in [1.82, 2.24) is 15.4 Å². The van der Waals surface area contributed by atoms with Gasteiger partial charge in [0.25, 0.3) is 0 Å². The van der Waals surface area contributed by atoms with Gasteiger partial charge in [0.15, 0.2) is 0 Å². The Kier molecular flexibility index (Phi) is 4.03. The molecule has 2 heterocycles. The minimum absolute atomic E-state index is 0.0379. The molecule has 7 heteroatoms. The zero-order valence-corrected chi connectivity index (χ0v) is 10.7. The van der Waals surface area contributed by atoms with Crippen LogP contribution in [-0.4, -0.2) is 39.8 Å². The molecule has 2 amide bonds. The fourth-order valence-corrected chi connectivity index (χ4v) is 2.39. The summed E-state index contributed by atoms with van der Waals surface area (Å²) in [6.45, 7) is 2.55. The van der Waals surface area contributed by atoms with Gasteiger partial charge in [-0.15, -0.1) is 0 Å². The minimum Gasteiger partial charge on any atom is -0.480 e. The Morgan fingerprint density at radius 3 is 3.05 bits per heavy atom. The van der Waals surface area contributed by atoms with Gasteiger partial charge in [-0.1, -0.05) is 12.1 Å². The number of aromatic nitrogens is 1. The molecule has 104 valence electrons. The third-order valence-corrected chi connectivity index (χ3v) is 3.36. The molecule has 2 rings (SSSR count). The summed E-state index contributed by atoms with van der Waals surface area (Å²) in [6.07, 6.45) is 3.07. The molecule has 0 spiro atoms. The van der Waals surface area contributed by atoms with E-state index in [1.54, 1.807) is 6.07 Å². The lowest BCUT2D eigenvalue weighted by atomic mass is 9.91. The van der Waals surface area contributed by atoms with Crippen molar-refractivity contribution in [3.63, 3.8) is 0 Å². The van der Waals surface area contributed by atoms with Crippen molar-refractivity contribution in [1.29, 1.82) is 0 Å². The van der Waals surface area contributed by atoms with E-state index in [1.807, 2.05) is 6.92 Å². The lowest BCUT2D eigenvalue weighted by Crippen LogP contribution is -2.54. The summed E-state index contributed by atoms with van der Waals surface area (Å²) in [4.78, 5) is 24.7. The maximum Gasteiger partial charge on any atom is 0.326 e. The van der Waals surface area contributed by atoms with Gasteiger partial charge in [0.1, 0.15) is 18.0 Å². The van der Waals surface area contributed by atoms with E-state index in [9.17, 15) is 14.7 Å². The topological polar surface area (TPSA) is 95.7 Å². The summed E-state index contributed by atoms with van der Waals surface area (Å²) in [5, 5.41) is 15.6. The summed E-state index contributed by atoms with van der Waals surface area (Å²) < 4.78 is 4.66. The molecular formula is C12H17N3O4. The highest BCUT2D eigenvalue weighted by Gasteiger charge is 2.36. The third kappa shape index (κ3) is 3.04. The molecule has 1 aromatic rings. The monoisotopic (exact) mass is 267 g/mol. The second-order valence-corrected chi connectivity index (χ2v) is 4.75. The number of carboxylic acids is 1. The highest BCUT2D eigenvalue weighted by molar-refractivity contribution is 5.83. The average Bonchev–Trinajstić information content (AvgIpc) is 2.88. The molecule has 1 aliphatic rings. The van der Waals surface area contributed by atoms with Gasteiger partial charge in [-0.2, -0.15) is 0 Å². The van der Waals surface area contributed by atoms with Crippen molar-refractivity contribution in [2.75, 3.05) is 6.54 Å². The maximum atomic E-state index is 12.0. The summed E-state index contributed by atoms with van der Waals surface area (Å²) in [7, 11) is 0. The Bertz CT molecular complexity index is 446. The summed E-state index contributed by atoms with van der Waals surface area (Å²) in [5.41, 5.74) is 0.602. The minimum atomic E-state index is -0.955. The summed E-state index contributed by atoms with van der Waals surface area (Å²) in [6, 6.07) is 0.515. The third-order valence-electron chi connectivity index (χ3n) is 3.36. The summed E-state index contributed by atoms with van der Waals surface area (Å²) >= 11 is 0. The van der Waals surface area contributed by atoms with Crippen molar-refractivity contribution >= 4 is 12.0 Å². The predicted molar refractivity (Wildman–Crippen MR) is 65.3 cm³/mol. The standard InChI is InChI=1S/C12H17N3O4/c1-8-3-2-5-15(10(8)11(16)17)12(18)13-7-9-4-6-19-14-9/h4,6,8,10H,2-3,5,7H2,1H3,(H,13,18)(H,16,17). The van der Waals surface area contributed by atoms with E-state index in [-0.39, 0.29) is 18.5 Å². The molecular weight excluding hydrogens is 250 g/mol. The first-order chi connectivity index (χ1) is 9.09. The largest absolute Gasteiger partial charge is 0.480 e. The van der Waals surface area contributed by atoms with Crippen LogP contribution in [0.25, 0.3) is 0 Å². The van der Waals surface area contributed by atoms with Gasteiger partial charge in [-0.05, 0) is 18.8 Å². The van der Waals surface area contributed by atoms with Crippen LogP contribution >= 0.6 is 0 Å². The Hall–Kier alpha value is -2.05. The van der Waals surface area contributed by atoms with Crippen LogP contribution in [0.1, 0.15) is 25.5 Å². The molecule has 0 bridgehead atoms. The fraction of sp³-hybridized carbons (Fsp3) is 0.583. The normalized spacial score (nSPS) is 23.1. The number of piperidine rings is 1. The quantitative estimate of drug-likeness (QED) is 0.854. The molecule has 1 aromatic heterocycles. The lowest BCUT2D eigenvalue weighted by Gasteiger charge is -2.37. The molecule has 0 saturated carbocycles. The number of hydrogen-bond donors (Lipinski definition) is 2. The number of likely N-dealkylation sites (tertiary alicyclic amines) is 1. The van der Waals surface area contributed by atoms with Gasteiger partial charge < -0.3 is 19.8 Å². The first-order valence-corrected chi connectivity index (χ1v) is 6.26. The number of aliphatic carboxylic acids is 1. The van der Waals surface area contributed by atoms with Gasteiger partial charge in [-0.3, -0.25) is 0 Å². The molecule has 1 saturated heterocycles. The Labute approximate surface area is 110 Å². The molecule has 0 radical (unpaired) electrons. The molecule has 2 N–H and O–H groups in total. The first-order valence-electron chi connectivity index (χ1n) is 6.26. The van der Waals surface area contributed by atoms with E-state index in [1.165, 1.54) is 11.2 Å². The molecule has 19 heavy (non-hydrogen) atoms. The highest BCUT2D eigenvalue weighted by atomic mass is 16.5. The molecule has 7 nitrogen and oxygen atoms in total. The van der Waals surface area contributed by atoms with Crippen molar-refractivity contribution < 1.29 is 19.2 Å². The number of carbonyl (C=O) groups excluding carboxylic acids is 1. The van der Waals surface area contributed by atoms with Crippen LogP contribution in [-0.2, 0) is 11.3 Å². The molecule has 2 unspecified atom stereocenters. The van der Waals surface area contributed by atoms with Crippen LogP contribution < -0.4 is 5.32 Å². The molecule has 1 aliphatic heterocycles. The van der Waals surface area contributed by atoms with Gasteiger partial charge in [-0.25, -0.2) is 9.59 Å². The number of carbonyl (C=O) groups is 2. The maximum absolute atomic E-state index is 12.0. The average molecular weight is 267 g/mol. The van der Waals surface area contributed by atoms with Gasteiger partial charge >= 0.3 is 12.0 Å². The van der Waals surface area contributed by atoms with Crippen LogP contribution in [0.15, 0.2) is 16.9 Å². The SMILES string of the molecule is CC1CCCN(C(=O)NCc2ccon2)C1C(=O)O. The van der Waals surface area contributed by atoms with Crippen molar-refractivity contribution in [3.05, 3.63) is 18.0 Å². The number of hydrogen-bond acceptors (Lipinski definition) is 4. The van der Waals surface area contributed by atoms with Crippen LogP contribution in [0, 0.1) is 5.92 Å². The first kappa shape index (κ1) is 13.4. The van der Waals surface area contributed by atoms with E-state index in [0.29, 0.717) is 12.2 Å². The number of carboxylic acid groups (broad SMARTS) is 1. The number of rotatable bonds is 3. The molecule has 1 fully saturated rings. The predicted octanol–water partition coefficient (Wildman–Crippen LogP) is 1.07. The van der Waals surface area contributed by atoms with Crippen LogP contribution in [0.4, 0.5) is 4.79 Å². The Morgan fingerprint density at radius 1 is 1.63 bits per heavy atom. The Morgan fingerprint density at radius 2 is 2.42 bits per heavy atom. The molecule has 0 aromatic carbocycles. The zero-order chi connectivity index (χ0) is 13.8. The van der Waals surface area contributed by atoms with E-state index in [2.05, 4.69) is 15.0 Å². The smallest absolute Gasteiger partial charge is 0.326 e. The number of urea groups is 1. The van der Waals surface area contributed by atoms with Crippen molar-refractivity contribution in [2.45, 2.75) is 32.4 Å². The molecule has 0 aliphatic carbocycles. The fourth-order valence-electron chi connectivity index (χ4n) is 2.39. The van der Waals surface area contributed by atoms with E-state index >= 15 is 0 Å². The number of amides is 2. The van der Waals surface area contributed by atoms with E-state index < -0.39 is 12.0 Å². The van der Waals surface area contributed by atoms with Crippen molar-refractivity contribution in [2.24, 2.45) is 5.92 Å². The van der Waals surface area contributed by atoms with Crippen LogP contribution in [0.3, 0.4) is 0 Å². The number of nitrogens with one attached hydrogen (secondary N) is 1. The van der Waals surface area contributed by atoms with Crippen LogP contribution in [0.5, 0.6) is 0 Å². The zero-order valence-electron chi connectivity index (χ0n) is 10.7. The van der Waals surface area contributed by atoms with Crippen molar-refractivity contribution in [3.8, 4) is 0 Å². The van der Waals surface area contributed by atoms with Crippen LogP contribution in [0.2, 0.25) is 0 Å². The van der Waals surface area contributed by atoms with Gasteiger partial charge in [0.2, 0.25) is 0 Å². The lowest BCUT2D eigenvalue weighted by molar-refractivity contribution is -0.145. The van der Waals surface area contributed by atoms with E-state index in [0.717, 1.165) is 12.8 Å². The molecule has 2 atom stereocenters. The summed E-state index contributed by atoms with van der Waals surface area (Å²) in [5.74, 6) is -0.993. The van der Waals surface area contributed by atoms with E-state index in [4.69, 9.17) is 0 Å². The Balaban J connectivity index is 1.97. The van der Waals surface area contributed by atoms with Gasteiger partial charge in [0.05, 0.1) is 6.54 Å². The van der Waals surface area contributed by atoms with Gasteiger partial charge in [0, 0.05) is 12.6 Å². The second-order valence-electron chi connectivity index (χ2n) is 4.75.